The van der Waals surface area contributed by atoms with Crippen LogP contribution in [0.2, 0.25) is 0 Å². The maximum Gasteiger partial charge on any atom is 0.328 e. The number of hydrogen-bond donors (Lipinski definition) is 2. The van der Waals surface area contributed by atoms with E-state index in [1.807, 2.05) is 6.92 Å². The summed E-state index contributed by atoms with van der Waals surface area (Å²) in [7, 11) is 0. The van der Waals surface area contributed by atoms with Crippen LogP contribution < -0.4 is 5.32 Å². The summed E-state index contributed by atoms with van der Waals surface area (Å²) in [6.45, 7) is 3.00. The van der Waals surface area contributed by atoms with Crippen LogP contribution in [0.3, 0.4) is 0 Å². The summed E-state index contributed by atoms with van der Waals surface area (Å²) in [6, 6.07) is 1.80. The Bertz CT molecular complexity index is 409. The molecule has 0 unspecified atom stereocenters. The van der Waals surface area contributed by atoms with E-state index in [9.17, 15) is 9.59 Å². The highest BCUT2D eigenvalue weighted by Crippen LogP contribution is 1.97. The number of carboxylic acid groups (broad SMARTS) is 1. The quantitative estimate of drug-likeness (QED) is 0.696. The molecule has 0 saturated carbocycles. The van der Waals surface area contributed by atoms with Crippen molar-refractivity contribution in [3.63, 3.8) is 0 Å². The molecule has 0 fully saturated rings. The van der Waals surface area contributed by atoms with Gasteiger partial charge < -0.3 is 10.4 Å². The van der Waals surface area contributed by atoms with E-state index in [0.717, 1.165) is 24.4 Å². The van der Waals surface area contributed by atoms with Crippen molar-refractivity contribution < 1.29 is 14.7 Å². The summed E-state index contributed by atoms with van der Waals surface area (Å²) in [4.78, 5) is 21.3. The minimum Gasteiger partial charge on any atom is -0.478 e. The van der Waals surface area contributed by atoms with Crippen LogP contribution in [-0.4, -0.2) is 26.8 Å². The lowest BCUT2D eigenvalue weighted by atomic mass is 10.4. The highest BCUT2D eigenvalue weighted by atomic mass is 16.4. The Kier molecular flexibility index (Phi) is 4.26. The molecule has 0 bridgehead atoms. The zero-order valence-corrected chi connectivity index (χ0v) is 8.88. The van der Waals surface area contributed by atoms with Gasteiger partial charge in [0, 0.05) is 24.9 Å². The van der Waals surface area contributed by atoms with Gasteiger partial charge in [0.15, 0.2) is 0 Å². The largest absolute Gasteiger partial charge is 0.478 e. The van der Waals surface area contributed by atoms with E-state index in [-0.39, 0.29) is 0 Å². The molecule has 16 heavy (non-hydrogen) atoms. The molecule has 0 spiro atoms. The molecular formula is C10H13N3O3. The van der Waals surface area contributed by atoms with Crippen molar-refractivity contribution in [2.75, 3.05) is 0 Å². The fourth-order valence-corrected chi connectivity index (χ4v) is 1.18. The van der Waals surface area contributed by atoms with E-state index in [0.29, 0.717) is 6.54 Å². The van der Waals surface area contributed by atoms with Gasteiger partial charge in [-0.2, -0.15) is 5.10 Å². The number of amides is 1. The lowest BCUT2D eigenvalue weighted by molar-refractivity contribution is -0.131. The van der Waals surface area contributed by atoms with Crippen LogP contribution in [0.25, 0.3) is 0 Å². The number of aromatic nitrogens is 2. The predicted octanol–water partition coefficient (Wildman–Crippen LogP) is 0.160. The number of carbonyl (C=O) groups excluding carboxylic acids is 1. The zero-order valence-electron chi connectivity index (χ0n) is 8.88. The zero-order chi connectivity index (χ0) is 12.0. The van der Waals surface area contributed by atoms with E-state index in [1.165, 1.54) is 0 Å². The van der Waals surface area contributed by atoms with Crippen LogP contribution >= 0.6 is 0 Å². The summed E-state index contributed by atoms with van der Waals surface area (Å²) in [5, 5.41) is 14.9. The molecule has 1 amide bonds. The average Bonchev–Trinajstić information content (AvgIpc) is 2.70. The molecule has 0 saturated heterocycles. The van der Waals surface area contributed by atoms with E-state index in [1.54, 1.807) is 16.9 Å². The molecule has 0 radical (unpaired) electrons. The molecule has 0 aliphatic heterocycles. The van der Waals surface area contributed by atoms with Gasteiger partial charge in [0.1, 0.15) is 0 Å². The molecule has 2 N–H and O–H groups in total. The number of rotatable bonds is 5. The van der Waals surface area contributed by atoms with Gasteiger partial charge in [-0.25, -0.2) is 4.79 Å². The smallest absolute Gasteiger partial charge is 0.328 e. The van der Waals surface area contributed by atoms with E-state index in [4.69, 9.17) is 5.11 Å². The second-order valence-electron chi connectivity index (χ2n) is 3.03. The van der Waals surface area contributed by atoms with Crippen LogP contribution in [0.4, 0.5) is 0 Å². The molecule has 0 aromatic carbocycles. The molecule has 1 aromatic rings. The van der Waals surface area contributed by atoms with Gasteiger partial charge in [-0.05, 0) is 13.0 Å². The van der Waals surface area contributed by atoms with E-state index in [2.05, 4.69) is 10.4 Å². The van der Waals surface area contributed by atoms with Crippen LogP contribution in [0, 0.1) is 0 Å². The summed E-state index contributed by atoms with van der Waals surface area (Å²) in [6.07, 6.45) is 3.43. The molecule has 0 aliphatic carbocycles. The lowest BCUT2D eigenvalue weighted by Gasteiger charge is -2.04. The van der Waals surface area contributed by atoms with Gasteiger partial charge in [-0.15, -0.1) is 0 Å². The van der Waals surface area contributed by atoms with Crippen molar-refractivity contribution in [3.05, 3.63) is 30.1 Å². The monoisotopic (exact) mass is 223 g/mol. The first-order valence-electron chi connectivity index (χ1n) is 4.83. The van der Waals surface area contributed by atoms with Gasteiger partial charge in [0.25, 0.3) is 0 Å². The summed E-state index contributed by atoms with van der Waals surface area (Å²) < 4.78 is 1.75. The highest BCUT2D eigenvalue weighted by Gasteiger charge is 2.02. The Balaban J connectivity index is 2.46. The topological polar surface area (TPSA) is 84.2 Å². The number of nitrogens with zero attached hydrogens (tertiary/aromatic N) is 2. The van der Waals surface area contributed by atoms with Crippen molar-refractivity contribution in [1.29, 1.82) is 0 Å². The van der Waals surface area contributed by atoms with Crippen molar-refractivity contribution in [3.8, 4) is 0 Å². The second kappa shape index (κ2) is 5.69. The minimum atomic E-state index is -1.14. The van der Waals surface area contributed by atoms with Gasteiger partial charge in [0.2, 0.25) is 5.91 Å². The maximum atomic E-state index is 11.2. The number of hydrogen-bond acceptors (Lipinski definition) is 3. The van der Waals surface area contributed by atoms with Crippen molar-refractivity contribution in [1.82, 2.24) is 15.1 Å². The number of carboxylic acids is 1. The van der Waals surface area contributed by atoms with Crippen molar-refractivity contribution >= 4 is 11.9 Å². The SMILES string of the molecule is CCn1nccc1CNC(=O)/C=C/C(=O)O. The van der Waals surface area contributed by atoms with Crippen LogP contribution in [0.15, 0.2) is 24.4 Å². The lowest BCUT2D eigenvalue weighted by Crippen LogP contribution is -2.22. The number of aliphatic carboxylic acids is 1. The molecule has 1 rings (SSSR count). The van der Waals surface area contributed by atoms with Gasteiger partial charge in [0.05, 0.1) is 12.2 Å². The summed E-state index contributed by atoms with van der Waals surface area (Å²) >= 11 is 0. The van der Waals surface area contributed by atoms with Gasteiger partial charge in [-0.1, -0.05) is 0 Å². The number of carbonyl (C=O) groups is 2. The Morgan fingerprint density at radius 3 is 2.94 bits per heavy atom. The standard InChI is InChI=1S/C10H13N3O3/c1-2-13-8(5-6-12-13)7-11-9(14)3-4-10(15)16/h3-6H,2,7H2,1H3,(H,11,14)(H,15,16)/b4-3+. The molecular weight excluding hydrogens is 210 g/mol. The third-order valence-electron chi connectivity index (χ3n) is 1.93. The third kappa shape index (κ3) is 3.56. The molecule has 6 heteroatoms. The second-order valence-corrected chi connectivity index (χ2v) is 3.03. The van der Waals surface area contributed by atoms with E-state index < -0.39 is 11.9 Å². The minimum absolute atomic E-state index is 0.330. The van der Waals surface area contributed by atoms with Crippen LogP contribution in [0.5, 0.6) is 0 Å². The van der Waals surface area contributed by atoms with Gasteiger partial charge in [-0.3, -0.25) is 9.48 Å². The van der Waals surface area contributed by atoms with Gasteiger partial charge >= 0.3 is 5.97 Å². The molecule has 6 nitrogen and oxygen atoms in total. The normalized spacial score (nSPS) is 10.6. The first kappa shape index (κ1) is 12.0. The molecule has 0 aliphatic rings. The predicted molar refractivity (Wildman–Crippen MR) is 56.5 cm³/mol. The number of aryl methyl sites for hydroxylation is 1. The van der Waals surface area contributed by atoms with E-state index >= 15 is 0 Å². The third-order valence-corrected chi connectivity index (χ3v) is 1.93. The molecule has 1 heterocycles. The fraction of sp³-hybridized carbons (Fsp3) is 0.300. The maximum absolute atomic E-state index is 11.2. The average molecular weight is 223 g/mol. The first-order chi connectivity index (χ1) is 7.63. The fourth-order valence-electron chi connectivity index (χ4n) is 1.18. The van der Waals surface area contributed by atoms with Crippen molar-refractivity contribution in [2.24, 2.45) is 0 Å². The Morgan fingerprint density at radius 2 is 2.31 bits per heavy atom. The molecule has 86 valence electrons. The molecule has 1 aromatic heterocycles. The first-order valence-corrected chi connectivity index (χ1v) is 4.83. The van der Waals surface area contributed by atoms with Crippen LogP contribution in [0.1, 0.15) is 12.6 Å². The summed E-state index contributed by atoms with van der Waals surface area (Å²) in [5.41, 5.74) is 0.875. The summed E-state index contributed by atoms with van der Waals surface area (Å²) in [5.74, 6) is -1.58. The number of nitrogens with one attached hydrogen (secondary N) is 1. The Morgan fingerprint density at radius 1 is 1.56 bits per heavy atom. The Hall–Kier alpha value is -2.11. The Labute approximate surface area is 92.6 Å². The van der Waals surface area contributed by atoms with Crippen LogP contribution in [-0.2, 0) is 22.7 Å². The molecule has 0 atom stereocenters. The van der Waals surface area contributed by atoms with Crippen molar-refractivity contribution in [2.45, 2.75) is 20.0 Å². The highest BCUT2D eigenvalue weighted by molar-refractivity contribution is 5.93.